The Hall–Kier alpha value is -4.17. The van der Waals surface area contributed by atoms with E-state index in [9.17, 15) is 13.6 Å². The summed E-state index contributed by atoms with van der Waals surface area (Å²) in [6.07, 6.45) is 0.310. The van der Waals surface area contributed by atoms with Gasteiger partial charge in [0.15, 0.2) is 5.82 Å². The number of carbonyl (C=O) groups excluding carboxylic acids is 1. The second-order valence-electron chi connectivity index (χ2n) is 9.15. The van der Waals surface area contributed by atoms with Gasteiger partial charge in [0.2, 0.25) is 0 Å². The molecule has 2 heterocycles. The Morgan fingerprint density at radius 1 is 0.868 bits per heavy atom. The van der Waals surface area contributed by atoms with Crippen LogP contribution < -0.4 is 4.90 Å². The fourth-order valence-electron chi connectivity index (χ4n) is 4.66. The lowest BCUT2D eigenvalue weighted by molar-refractivity contribution is 0.0746. The number of hydrogen-bond acceptors (Lipinski definition) is 5. The van der Waals surface area contributed by atoms with Crippen molar-refractivity contribution >= 4 is 11.7 Å². The lowest BCUT2D eigenvalue weighted by Crippen LogP contribution is -2.49. The van der Waals surface area contributed by atoms with Gasteiger partial charge in [-0.15, -0.1) is 0 Å². The van der Waals surface area contributed by atoms with Crippen molar-refractivity contribution in [2.75, 3.05) is 38.2 Å². The molecule has 194 valence electrons. The summed E-state index contributed by atoms with van der Waals surface area (Å²) in [5, 5.41) is 0. The van der Waals surface area contributed by atoms with E-state index in [2.05, 4.69) is 4.90 Å². The molecule has 0 radical (unpaired) electrons. The lowest BCUT2D eigenvalue weighted by Gasteiger charge is -2.36. The first-order valence-corrected chi connectivity index (χ1v) is 12.5. The Bertz CT molecular complexity index is 1410. The van der Waals surface area contributed by atoms with Crippen molar-refractivity contribution in [3.8, 4) is 11.4 Å². The van der Waals surface area contributed by atoms with Gasteiger partial charge < -0.3 is 14.5 Å². The van der Waals surface area contributed by atoms with Gasteiger partial charge in [-0.25, -0.2) is 18.7 Å². The van der Waals surface area contributed by atoms with Crippen LogP contribution in [0.5, 0.6) is 0 Å². The Kier molecular flexibility index (Phi) is 7.70. The third-order valence-corrected chi connectivity index (χ3v) is 6.67. The van der Waals surface area contributed by atoms with E-state index in [1.54, 1.807) is 24.1 Å². The van der Waals surface area contributed by atoms with Crippen molar-refractivity contribution in [2.24, 2.45) is 0 Å². The van der Waals surface area contributed by atoms with Gasteiger partial charge >= 0.3 is 0 Å². The first kappa shape index (κ1) is 25.5. The minimum atomic E-state index is -0.376. The zero-order valence-corrected chi connectivity index (χ0v) is 21.1. The average molecular weight is 515 g/mol. The topological polar surface area (TPSA) is 58.6 Å². The Morgan fingerprint density at radius 3 is 2.24 bits per heavy atom. The van der Waals surface area contributed by atoms with Crippen LogP contribution in [0, 0.1) is 11.6 Å². The molecule has 8 heteroatoms. The number of halogens is 2. The van der Waals surface area contributed by atoms with Gasteiger partial charge in [0.25, 0.3) is 5.91 Å². The van der Waals surface area contributed by atoms with Crippen LogP contribution in [0.15, 0.2) is 78.9 Å². The standard InChI is InChI=1S/C30H28F2N4O2/c1-38-20-27-25(19-23-9-5-6-10-26(23)32)29(34-28(33-27)21-7-3-2-4-8-21)35-15-17-36(18-16-35)30(37)22-11-13-24(31)14-12-22/h2-14H,15-20H2,1H3. The summed E-state index contributed by atoms with van der Waals surface area (Å²) in [6, 6.07) is 22.0. The van der Waals surface area contributed by atoms with E-state index in [-0.39, 0.29) is 24.1 Å². The van der Waals surface area contributed by atoms with Gasteiger partial charge in [0, 0.05) is 56.4 Å². The normalized spacial score (nSPS) is 13.6. The van der Waals surface area contributed by atoms with Gasteiger partial charge in [0.05, 0.1) is 12.3 Å². The highest BCUT2D eigenvalue weighted by molar-refractivity contribution is 5.94. The molecule has 1 amide bonds. The first-order chi connectivity index (χ1) is 18.5. The van der Waals surface area contributed by atoms with E-state index in [0.717, 1.165) is 11.1 Å². The SMILES string of the molecule is COCc1nc(-c2ccccc2)nc(N2CCN(C(=O)c3ccc(F)cc3)CC2)c1Cc1ccccc1F. The Labute approximate surface area is 220 Å². The van der Waals surface area contributed by atoms with Crippen molar-refractivity contribution in [1.82, 2.24) is 14.9 Å². The summed E-state index contributed by atoms with van der Waals surface area (Å²) in [4.78, 5) is 26.7. The van der Waals surface area contributed by atoms with Crippen LogP contribution in [-0.4, -0.2) is 54.1 Å². The third kappa shape index (κ3) is 5.55. The monoisotopic (exact) mass is 514 g/mol. The highest BCUT2D eigenvalue weighted by atomic mass is 19.1. The molecule has 5 rings (SSSR count). The number of benzene rings is 3. The van der Waals surface area contributed by atoms with Gasteiger partial charge in [-0.3, -0.25) is 4.79 Å². The van der Waals surface area contributed by atoms with Gasteiger partial charge in [-0.1, -0.05) is 48.5 Å². The number of methoxy groups -OCH3 is 1. The summed E-state index contributed by atoms with van der Waals surface area (Å²) in [7, 11) is 1.61. The number of aromatic nitrogens is 2. The predicted octanol–water partition coefficient (Wildman–Crippen LogP) is 5.12. The summed E-state index contributed by atoms with van der Waals surface area (Å²) < 4.78 is 33.5. The molecule has 1 fully saturated rings. The maximum absolute atomic E-state index is 14.7. The van der Waals surface area contributed by atoms with Crippen LogP contribution in [-0.2, 0) is 17.8 Å². The Morgan fingerprint density at radius 2 is 1.55 bits per heavy atom. The predicted molar refractivity (Wildman–Crippen MR) is 142 cm³/mol. The summed E-state index contributed by atoms with van der Waals surface area (Å²) >= 11 is 0. The number of nitrogens with zero attached hydrogens (tertiary/aromatic N) is 4. The molecule has 1 aliphatic heterocycles. The van der Waals surface area contributed by atoms with Crippen molar-refractivity contribution in [1.29, 1.82) is 0 Å². The number of amides is 1. The summed E-state index contributed by atoms with van der Waals surface area (Å²) in [5.41, 5.74) is 3.37. The Balaban J connectivity index is 1.49. The van der Waals surface area contributed by atoms with Crippen molar-refractivity contribution < 1.29 is 18.3 Å². The van der Waals surface area contributed by atoms with Crippen molar-refractivity contribution in [3.63, 3.8) is 0 Å². The average Bonchev–Trinajstić information content (AvgIpc) is 2.95. The number of carbonyl (C=O) groups is 1. The molecule has 0 spiro atoms. The molecule has 1 aliphatic rings. The van der Waals surface area contributed by atoms with E-state index in [0.29, 0.717) is 61.1 Å². The zero-order valence-electron chi connectivity index (χ0n) is 21.1. The molecule has 38 heavy (non-hydrogen) atoms. The molecule has 0 unspecified atom stereocenters. The number of ether oxygens (including phenoxy) is 1. The van der Waals surface area contributed by atoms with Gasteiger partial charge in [-0.05, 0) is 35.9 Å². The van der Waals surface area contributed by atoms with Crippen molar-refractivity contribution in [3.05, 3.63) is 113 Å². The van der Waals surface area contributed by atoms with Crippen LogP contribution in [0.1, 0.15) is 27.2 Å². The van der Waals surface area contributed by atoms with Crippen LogP contribution in [0.4, 0.5) is 14.6 Å². The number of rotatable bonds is 7. The first-order valence-electron chi connectivity index (χ1n) is 12.5. The van der Waals surface area contributed by atoms with Gasteiger partial charge in [-0.2, -0.15) is 0 Å². The summed E-state index contributed by atoms with van der Waals surface area (Å²) in [6.45, 7) is 2.27. The molecule has 6 nitrogen and oxygen atoms in total. The highest BCUT2D eigenvalue weighted by Gasteiger charge is 2.27. The molecule has 4 aromatic rings. The second-order valence-corrected chi connectivity index (χ2v) is 9.15. The third-order valence-electron chi connectivity index (χ3n) is 6.67. The quantitative estimate of drug-likeness (QED) is 0.343. The molecule has 3 aromatic carbocycles. The highest BCUT2D eigenvalue weighted by Crippen LogP contribution is 2.30. The zero-order chi connectivity index (χ0) is 26.5. The van der Waals surface area contributed by atoms with Crippen LogP contribution in [0.25, 0.3) is 11.4 Å². The minimum absolute atomic E-state index is 0.135. The fourth-order valence-corrected chi connectivity index (χ4v) is 4.66. The van der Waals surface area contributed by atoms with E-state index >= 15 is 0 Å². The van der Waals surface area contributed by atoms with E-state index in [1.165, 1.54) is 30.3 Å². The van der Waals surface area contributed by atoms with E-state index in [1.807, 2.05) is 36.4 Å². The number of piperazine rings is 1. The van der Waals surface area contributed by atoms with E-state index in [4.69, 9.17) is 14.7 Å². The molecule has 0 aliphatic carbocycles. The molecule has 1 aromatic heterocycles. The molecule has 0 atom stereocenters. The lowest BCUT2D eigenvalue weighted by atomic mass is 10.0. The maximum Gasteiger partial charge on any atom is 0.253 e. The van der Waals surface area contributed by atoms with Crippen molar-refractivity contribution in [2.45, 2.75) is 13.0 Å². The molecule has 0 saturated carbocycles. The molecular weight excluding hydrogens is 486 g/mol. The molecular formula is C30H28F2N4O2. The summed E-state index contributed by atoms with van der Waals surface area (Å²) in [5.74, 6) is 0.476. The number of hydrogen-bond donors (Lipinski definition) is 0. The van der Waals surface area contributed by atoms with Crippen LogP contribution in [0.3, 0.4) is 0 Å². The minimum Gasteiger partial charge on any atom is -0.378 e. The van der Waals surface area contributed by atoms with E-state index < -0.39 is 0 Å². The molecule has 1 saturated heterocycles. The second kappa shape index (κ2) is 11.5. The van der Waals surface area contributed by atoms with Crippen LogP contribution >= 0.6 is 0 Å². The van der Waals surface area contributed by atoms with Gasteiger partial charge in [0.1, 0.15) is 17.5 Å². The molecule has 0 bridgehead atoms. The van der Waals surface area contributed by atoms with Crippen LogP contribution in [0.2, 0.25) is 0 Å². The largest absolute Gasteiger partial charge is 0.378 e. The fraction of sp³-hybridized carbons (Fsp3) is 0.233. The smallest absolute Gasteiger partial charge is 0.253 e. The maximum atomic E-state index is 14.7. The number of anilines is 1. The molecule has 0 N–H and O–H groups in total.